The van der Waals surface area contributed by atoms with Crippen LogP contribution in [0.4, 0.5) is 11.4 Å². The molecular weight excluding hydrogens is 334 g/mol. The van der Waals surface area contributed by atoms with Crippen LogP contribution in [-0.2, 0) is 6.42 Å². The monoisotopic (exact) mass is 357 g/mol. The first-order chi connectivity index (χ1) is 13.3. The van der Waals surface area contributed by atoms with Crippen molar-refractivity contribution in [3.63, 3.8) is 0 Å². The first-order valence-electron chi connectivity index (χ1n) is 9.82. The van der Waals surface area contributed by atoms with Crippen molar-refractivity contribution in [1.82, 2.24) is 0 Å². The van der Waals surface area contributed by atoms with Gasteiger partial charge in [0.1, 0.15) is 11.0 Å². The van der Waals surface area contributed by atoms with Gasteiger partial charge >= 0.3 is 0 Å². The van der Waals surface area contributed by atoms with Crippen molar-refractivity contribution in [2.45, 2.75) is 26.7 Å². The molecule has 4 heteroatoms. The molecule has 5 rings (SSSR count). The molecule has 0 amide bonds. The van der Waals surface area contributed by atoms with Gasteiger partial charge in [-0.15, -0.1) is 0 Å². The van der Waals surface area contributed by atoms with Gasteiger partial charge in [-0.05, 0) is 68.0 Å². The minimum atomic E-state index is 0.812. The summed E-state index contributed by atoms with van der Waals surface area (Å²) in [6.07, 6.45) is 2.18. The van der Waals surface area contributed by atoms with E-state index in [9.17, 15) is 0 Å². The quantitative estimate of drug-likeness (QED) is 0.548. The zero-order valence-electron chi connectivity index (χ0n) is 15.8. The van der Waals surface area contributed by atoms with Crippen LogP contribution in [0, 0.1) is 0 Å². The molecule has 0 unspecified atom stereocenters. The Balaban J connectivity index is 1.66. The molecule has 3 aromatic rings. The molecule has 2 heterocycles. The summed E-state index contributed by atoms with van der Waals surface area (Å²) in [6.45, 7) is 7.27. The highest BCUT2D eigenvalue weighted by molar-refractivity contribution is 5.95. The maximum absolute atomic E-state index is 6.34. The summed E-state index contributed by atoms with van der Waals surface area (Å²) >= 11 is 0. The number of aryl methyl sites for hydroxylation is 1. The smallest absolute Gasteiger partial charge is 0.160 e. The summed E-state index contributed by atoms with van der Waals surface area (Å²) in [4.78, 5) is 11.9. The van der Waals surface area contributed by atoms with Crippen molar-refractivity contribution in [1.29, 1.82) is 0 Å². The van der Waals surface area contributed by atoms with Crippen LogP contribution < -0.4 is 20.4 Å². The molecule has 2 aliphatic rings. The van der Waals surface area contributed by atoms with Crippen molar-refractivity contribution in [3.8, 4) is 11.5 Å². The molecule has 0 atom stereocenters. The van der Waals surface area contributed by atoms with Gasteiger partial charge in [0.15, 0.2) is 11.5 Å². The predicted molar refractivity (Wildman–Crippen MR) is 109 cm³/mol. The molecule has 0 radical (unpaired) electrons. The Hall–Kier alpha value is -2.88. The summed E-state index contributed by atoms with van der Waals surface area (Å²) in [5.41, 5.74) is 3.42. The van der Waals surface area contributed by atoms with Crippen LogP contribution >= 0.6 is 0 Å². The Labute approximate surface area is 158 Å². The number of ether oxygens (including phenoxy) is 1. The van der Waals surface area contributed by atoms with Gasteiger partial charge in [0, 0.05) is 36.8 Å². The zero-order chi connectivity index (χ0) is 18.4. The van der Waals surface area contributed by atoms with Gasteiger partial charge in [0.05, 0.1) is 5.36 Å². The molecule has 0 saturated heterocycles. The largest absolute Gasteiger partial charge is 0.452 e. The number of nitrogens with zero attached hydrogens (tertiary/aromatic N) is 3. The lowest BCUT2D eigenvalue weighted by Crippen LogP contribution is -2.22. The summed E-state index contributed by atoms with van der Waals surface area (Å²) in [5.74, 6) is 1.66. The number of hydrogen-bond acceptors (Lipinski definition) is 4. The highest BCUT2D eigenvalue weighted by Gasteiger charge is 2.18. The van der Waals surface area contributed by atoms with E-state index in [1.165, 1.54) is 16.6 Å². The van der Waals surface area contributed by atoms with E-state index in [1.54, 1.807) is 0 Å². The van der Waals surface area contributed by atoms with Gasteiger partial charge in [-0.25, -0.2) is 4.99 Å². The van der Waals surface area contributed by atoms with Gasteiger partial charge in [0.25, 0.3) is 0 Å². The summed E-state index contributed by atoms with van der Waals surface area (Å²) in [5, 5.41) is 4.26. The molecule has 136 valence electrons. The normalized spacial score (nSPS) is 14.3. The Morgan fingerprint density at radius 3 is 2.74 bits per heavy atom. The van der Waals surface area contributed by atoms with E-state index in [0.29, 0.717) is 0 Å². The fourth-order valence-electron chi connectivity index (χ4n) is 4.08. The Morgan fingerprint density at radius 1 is 1.00 bits per heavy atom. The molecule has 27 heavy (non-hydrogen) atoms. The molecule has 3 aromatic carbocycles. The number of rotatable bonds is 3. The molecular formula is C23H23N3O. The second-order valence-electron chi connectivity index (χ2n) is 7.14. The molecule has 0 aliphatic carbocycles. The van der Waals surface area contributed by atoms with E-state index >= 15 is 0 Å². The second kappa shape index (κ2) is 6.38. The van der Waals surface area contributed by atoms with Gasteiger partial charge in [-0.1, -0.05) is 6.07 Å². The lowest BCUT2D eigenvalue weighted by molar-refractivity contribution is 0.473. The van der Waals surface area contributed by atoms with Crippen LogP contribution in [0.3, 0.4) is 0 Å². The third kappa shape index (κ3) is 2.67. The molecule has 2 aliphatic heterocycles. The van der Waals surface area contributed by atoms with Gasteiger partial charge in [-0.2, -0.15) is 0 Å². The molecule has 0 fully saturated rings. The third-order valence-electron chi connectivity index (χ3n) is 5.56. The first-order valence-corrected chi connectivity index (χ1v) is 9.82. The number of benzene rings is 3. The molecule has 4 nitrogen and oxygen atoms in total. The topological polar surface area (TPSA) is 37.2 Å². The predicted octanol–water partition coefficient (Wildman–Crippen LogP) is 4.31. The van der Waals surface area contributed by atoms with E-state index in [-0.39, 0.29) is 0 Å². The van der Waals surface area contributed by atoms with E-state index < -0.39 is 0 Å². The first kappa shape index (κ1) is 16.3. The number of fused-ring (bicyclic) bond motifs is 5. The van der Waals surface area contributed by atoms with Crippen LogP contribution in [0.2, 0.25) is 0 Å². The Morgan fingerprint density at radius 2 is 1.89 bits per heavy atom. The summed E-state index contributed by atoms with van der Waals surface area (Å²) in [6, 6.07) is 15.0. The van der Waals surface area contributed by atoms with Crippen molar-refractivity contribution in [3.05, 3.63) is 58.7 Å². The fraction of sp³-hybridized carbons (Fsp3) is 0.304. The van der Waals surface area contributed by atoms with E-state index in [0.717, 1.165) is 65.8 Å². The lowest BCUT2D eigenvalue weighted by Gasteiger charge is -2.22. The molecule has 0 saturated carbocycles. The maximum Gasteiger partial charge on any atom is 0.160 e. The minimum absolute atomic E-state index is 0.812. The Kier molecular flexibility index (Phi) is 3.85. The maximum atomic E-state index is 6.34. The highest BCUT2D eigenvalue weighted by atomic mass is 16.5. The van der Waals surface area contributed by atoms with Crippen LogP contribution in [0.15, 0.2) is 52.4 Å². The molecule has 0 bridgehead atoms. The van der Waals surface area contributed by atoms with Crippen LogP contribution in [0.25, 0.3) is 10.8 Å². The van der Waals surface area contributed by atoms with Gasteiger partial charge < -0.3 is 9.64 Å². The number of hydrogen-bond donors (Lipinski definition) is 0. The standard InChI is InChI=1S/C23H23N3O/c1-3-26(4-2)17-8-9-18-15(12-17)7-10-19-23(18)27-22-14-20-16(6-5-11-24-20)13-21(22)25-19/h7-10,12-14H,3-6,11H2,1-2H3. The minimum Gasteiger partial charge on any atom is -0.452 e. The molecule has 0 aromatic heterocycles. The average Bonchev–Trinajstić information content (AvgIpc) is 2.71. The van der Waals surface area contributed by atoms with E-state index in [2.05, 4.69) is 66.2 Å². The van der Waals surface area contributed by atoms with Gasteiger partial charge in [0.2, 0.25) is 0 Å². The third-order valence-corrected chi connectivity index (χ3v) is 5.56. The summed E-state index contributed by atoms with van der Waals surface area (Å²) < 4.78 is 6.34. The zero-order valence-corrected chi connectivity index (χ0v) is 15.8. The average molecular weight is 357 g/mol. The molecule has 0 spiro atoms. The SMILES string of the molecule is CCN(CC)c1ccc2c3c(ccc2c1)N=c1cc2c(cc1O3)=NCCC2. The lowest BCUT2D eigenvalue weighted by atomic mass is 10.0. The van der Waals surface area contributed by atoms with Crippen molar-refractivity contribution in [2.75, 3.05) is 24.5 Å². The van der Waals surface area contributed by atoms with Gasteiger partial charge in [-0.3, -0.25) is 4.99 Å². The molecule has 0 N–H and O–H groups in total. The van der Waals surface area contributed by atoms with Crippen molar-refractivity contribution in [2.24, 2.45) is 9.98 Å². The fourth-order valence-corrected chi connectivity index (χ4v) is 4.08. The van der Waals surface area contributed by atoms with Crippen LogP contribution in [0.5, 0.6) is 11.5 Å². The summed E-state index contributed by atoms with van der Waals surface area (Å²) in [7, 11) is 0. The Bertz CT molecular complexity index is 1160. The highest BCUT2D eigenvalue weighted by Crippen LogP contribution is 2.41. The second-order valence-corrected chi connectivity index (χ2v) is 7.14. The van der Waals surface area contributed by atoms with Crippen molar-refractivity contribution >= 4 is 22.1 Å². The van der Waals surface area contributed by atoms with E-state index in [4.69, 9.17) is 9.73 Å². The van der Waals surface area contributed by atoms with Crippen LogP contribution in [-0.4, -0.2) is 19.6 Å². The number of anilines is 1. The van der Waals surface area contributed by atoms with E-state index in [1.807, 2.05) is 0 Å². The van der Waals surface area contributed by atoms with Crippen LogP contribution in [0.1, 0.15) is 25.8 Å². The van der Waals surface area contributed by atoms with Crippen molar-refractivity contribution < 1.29 is 4.74 Å².